The molecule has 2 N–H and O–H groups in total. The lowest BCUT2D eigenvalue weighted by molar-refractivity contribution is -0.135. The van der Waals surface area contributed by atoms with Crippen molar-refractivity contribution in [3.63, 3.8) is 0 Å². The number of hydrogen-bond donors (Lipinski definition) is 2. The first-order valence-corrected chi connectivity index (χ1v) is 11.5. The lowest BCUT2D eigenvalue weighted by Crippen LogP contribution is -2.37. The number of fused-ring (bicyclic) bond motifs is 4. The second-order valence-electron chi connectivity index (χ2n) is 8.69. The minimum Gasteiger partial charge on any atom is -0.387 e. The van der Waals surface area contributed by atoms with Gasteiger partial charge in [-0.3, -0.25) is 9.78 Å². The number of aliphatic hydroxyl groups is 1. The molecule has 10 heteroatoms. The number of hydrogen-bond acceptors (Lipinski definition) is 8. The molecule has 0 bridgehead atoms. The van der Waals surface area contributed by atoms with Crippen LogP contribution in [0.15, 0.2) is 36.8 Å². The van der Waals surface area contributed by atoms with Crippen LogP contribution in [0, 0.1) is 0 Å². The Morgan fingerprint density at radius 1 is 1.15 bits per heavy atom. The van der Waals surface area contributed by atoms with Crippen molar-refractivity contribution >= 4 is 39.6 Å². The highest BCUT2D eigenvalue weighted by Gasteiger charge is 2.23. The van der Waals surface area contributed by atoms with Crippen LogP contribution in [0.1, 0.15) is 30.1 Å². The Morgan fingerprint density at radius 3 is 2.88 bits per heavy atom. The second kappa shape index (κ2) is 8.62. The number of amides is 1. The van der Waals surface area contributed by atoms with Gasteiger partial charge in [-0.05, 0) is 30.5 Å². The van der Waals surface area contributed by atoms with Gasteiger partial charge in [0.15, 0.2) is 0 Å². The van der Waals surface area contributed by atoms with E-state index in [0.717, 1.165) is 59.2 Å². The van der Waals surface area contributed by atoms with Crippen molar-refractivity contribution in [2.75, 3.05) is 31.7 Å². The van der Waals surface area contributed by atoms with Crippen LogP contribution in [0.25, 0.3) is 21.9 Å². The number of nitrogens with one attached hydrogen (secondary N) is 1. The van der Waals surface area contributed by atoms with E-state index in [-0.39, 0.29) is 5.91 Å². The normalized spacial score (nSPS) is 16.7. The van der Waals surface area contributed by atoms with Crippen LogP contribution in [0.5, 0.6) is 0 Å². The molecule has 34 heavy (non-hydrogen) atoms. The van der Waals surface area contributed by atoms with Crippen LogP contribution >= 0.6 is 0 Å². The highest BCUT2D eigenvalue weighted by molar-refractivity contribution is 6.06. The Kier molecular flexibility index (Phi) is 5.31. The minimum atomic E-state index is -0.469. The van der Waals surface area contributed by atoms with Crippen LogP contribution in [-0.4, -0.2) is 66.8 Å². The maximum Gasteiger partial charge on any atom is 0.248 e. The average Bonchev–Trinajstić information content (AvgIpc) is 3.22. The molecule has 0 radical (unpaired) electrons. The monoisotopic (exact) mass is 459 g/mol. The molecule has 2 aliphatic rings. The Balaban J connectivity index is 1.33. The topological polar surface area (TPSA) is 118 Å². The SMILES string of the molecule is O=C(CO)N1CCc2nc(Nc3ncc4c5ccncc5n(C5CCOCC5)c4n3)ccc2C1. The Bertz CT molecular complexity index is 1380. The van der Waals surface area contributed by atoms with Crippen molar-refractivity contribution in [2.24, 2.45) is 0 Å². The lowest BCUT2D eigenvalue weighted by atomic mass is 10.1. The molecule has 4 aromatic heterocycles. The molecular formula is C24H25N7O3. The number of nitrogens with zero attached hydrogens (tertiary/aromatic N) is 6. The number of ether oxygens (including phenoxy) is 1. The number of pyridine rings is 2. The molecule has 0 aromatic carbocycles. The summed E-state index contributed by atoms with van der Waals surface area (Å²) in [7, 11) is 0. The zero-order valence-corrected chi connectivity index (χ0v) is 18.6. The van der Waals surface area contributed by atoms with E-state index >= 15 is 0 Å². The Labute approximate surface area is 195 Å². The Morgan fingerprint density at radius 2 is 2.03 bits per heavy atom. The minimum absolute atomic E-state index is 0.260. The number of carbonyl (C=O) groups is 1. The summed E-state index contributed by atoms with van der Waals surface area (Å²) in [6.45, 7) is 2.02. The van der Waals surface area contributed by atoms with Gasteiger partial charge in [0.05, 0.1) is 11.7 Å². The summed E-state index contributed by atoms with van der Waals surface area (Å²) in [6, 6.07) is 6.15. The molecule has 0 aliphatic carbocycles. The molecule has 6 rings (SSSR count). The molecule has 4 aromatic rings. The fourth-order valence-electron chi connectivity index (χ4n) is 4.95. The summed E-state index contributed by atoms with van der Waals surface area (Å²) in [5, 5.41) is 14.5. The van der Waals surface area contributed by atoms with Crippen LogP contribution in [0.2, 0.25) is 0 Å². The third-order valence-corrected chi connectivity index (χ3v) is 6.68. The summed E-state index contributed by atoms with van der Waals surface area (Å²) in [6.07, 6.45) is 8.07. The van der Waals surface area contributed by atoms with Gasteiger partial charge in [0.1, 0.15) is 18.1 Å². The van der Waals surface area contributed by atoms with Crippen LogP contribution in [0.3, 0.4) is 0 Å². The zero-order chi connectivity index (χ0) is 23.1. The highest BCUT2D eigenvalue weighted by Crippen LogP contribution is 2.34. The maximum atomic E-state index is 11.8. The van der Waals surface area contributed by atoms with E-state index in [1.54, 1.807) is 11.1 Å². The number of carbonyl (C=O) groups excluding carboxylic acids is 1. The Hall–Kier alpha value is -3.63. The molecule has 1 fully saturated rings. The summed E-state index contributed by atoms with van der Waals surface area (Å²) >= 11 is 0. The fraction of sp³-hybridized carbons (Fsp3) is 0.375. The second-order valence-corrected chi connectivity index (χ2v) is 8.69. The van der Waals surface area contributed by atoms with E-state index in [0.29, 0.717) is 37.3 Å². The van der Waals surface area contributed by atoms with Crippen molar-refractivity contribution in [3.05, 3.63) is 48.0 Å². The number of aliphatic hydroxyl groups excluding tert-OH is 1. The molecule has 0 atom stereocenters. The predicted molar refractivity (Wildman–Crippen MR) is 126 cm³/mol. The lowest BCUT2D eigenvalue weighted by Gasteiger charge is -2.28. The summed E-state index contributed by atoms with van der Waals surface area (Å²) in [5.74, 6) is 0.886. The van der Waals surface area contributed by atoms with Crippen molar-refractivity contribution < 1.29 is 14.6 Å². The van der Waals surface area contributed by atoms with Gasteiger partial charge in [0.2, 0.25) is 11.9 Å². The van der Waals surface area contributed by atoms with E-state index in [4.69, 9.17) is 19.8 Å². The van der Waals surface area contributed by atoms with E-state index in [1.165, 1.54) is 0 Å². The van der Waals surface area contributed by atoms with Crippen LogP contribution < -0.4 is 5.32 Å². The zero-order valence-electron chi connectivity index (χ0n) is 18.6. The maximum absolute atomic E-state index is 11.8. The molecular weight excluding hydrogens is 434 g/mol. The third kappa shape index (κ3) is 3.64. The first-order valence-electron chi connectivity index (χ1n) is 11.5. The van der Waals surface area contributed by atoms with E-state index in [2.05, 4.69) is 19.9 Å². The van der Waals surface area contributed by atoms with Gasteiger partial charge in [-0.15, -0.1) is 0 Å². The smallest absolute Gasteiger partial charge is 0.248 e. The van der Waals surface area contributed by atoms with E-state index in [1.807, 2.05) is 30.6 Å². The van der Waals surface area contributed by atoms with Crippen molar-refractivity contribution in [3.8, 4) is 0 Å². The molecule has 6 heterocycles. The van der Waals surface area contributed by atoms with Crippen molar-refractivity contribution in [2.45, 2.75) is 31.8 Å². The predicted octanol–water partition coefficient (Wildman–Crippen LogP) is 2.35. The molecule has 1 amide bonds. The van der Waals surface area contributed by atoms with Gasteiger partial charge in [-0.2, -0.15) is 4.98 Å². The van der Waals surface area contributed by atoms with Gasteiger partial charge in [0.25, 0.3) is 0 Å². The summed E-state index contributed by atoms with van der Waals surface area (Å²) in [5.41, 5.74) is 3.87. The van der Waals surface area contributed by atoms with E-state index < -0.39 is 6.61 Å². The van der Waals surface area contributed by atoms with Crippen LogP contribution in [-0.2, 0) is 22.5 Å². The van der Waals surface area contributed by atoms with Crippen LogP contribution in [0.4, 0.5) is 11.8 Å². The summed E-state index contributed by atoms with van der Waals surface area (Å²) in [4.78, 5) is 32.0. The first kappa shape index (κ1) is 20.9. The van der Waals surface area contributed by atoms with Gasteiger partial charge < -0.3 is 24.6 Å². The molecule has 10 nitrogen and oxygen atoms in total. The molecule has 0 saturated carbocycles. The van der Waals surface area contributed by atoms with Gasteiger partial charge in [-0.1, -0.05) is 6.07 Å². The fourth-order valence-corrected chi connectivity index (χ4v) is 4.95. The van der Waals surface area contributed by atoms with Gasteiger partial charge in [-0.25, -0.2) is 9.97 Å². The van der Waals surface area contributed by atoms with E-state index in [9.17, 15) is 4.79 Å². The summed E-state index contributed by atoms with van der Waals surface area (Å²) < 4.78 is 7.86. The number of aromatic nitrogens is 5. The highest BCUT2D eigenvalue weighted by atomic mass is 16.5. The van der Waals surface area contributed by atoms with Crippen molar-refractivity contribution in [1.82, 2.24) is 29.4 Å². The standard InChI is InChI=1S/C24H25N7O3/c32-14-22(33)30-8-4-19-15(13-30)1-2-21(27-19)28-24-26-11-18-17-3-7-25-12-20(17)31(23(18)29-24)16-5-9-34-10-6-16/h1-3,7,11-12,16,32H,4-6,8-10,13-14H2,(H,26,27,28,29). The largest absolute Gasteiger partial charge is 0.387 e. The molecule has 0 spiro atoms. The number of rotatable bonds is 4. The molecule has 2 aliphatic heterocycles. The van der Waals surface area contributed by atoms with Crippen molar-refractivity contribution in [1.29, 1.82) is 0 Å². The molecule has 1 saturated heterocycles. The van der Waals surface area contributed by atoms with Gasteiger partial charge in [0, 0.05) is 67.6 Å². The molecule has 0 unspecified atom stereocenters. The quantitative estimate of drug-likeness (QED) is 0.477. The average molecular weight is 460 g/mol. The molecule has 174 valence electrons. The third-order valence-electron chi connectivity index (χ3n) is 6.68. The number of anilines is 2. The van der Waals surface area contributed by atoms with Gasteiger partial charge >= 0.3 is 0 Å². The first-order chi connectivity index (χ1) is 16.7.